The molecular weight excluding hydrogens is 266 g/mol. The Bertz CT molecular complexity index is 469. The fourth-order valence-corrected chi connectivity index (χ4v) is 0.961. The SMILES string of the molecule is O.O=[N+]([O-])c1cc([N+](=O)[O-])c([O-])c([N+](=O)[O-])c1.[Mg+2]. The maximum Gasteiger partial charge on any atom is 2.00 e. The second-order valence-corrected chi connectivity index (χ2v) is 2.58. The molecule has 12 heteroatoms. The largest absolute Gasteiger partial charge is 2.00 e. The molecule has 0 aromatic heterocycles. The number of benzene rings is 1. The van der Waals surface area contributed by atoms with Gasteiger partial charge in [0.2, 0.25) is 0 Å². The minimum absolute atomic E-state index is 0. The Morgan fingerprint density at radius 3 is 1.39 bits per heavy atom. The molecule has 0 saturated heterocycles. The van der Waals surface area contributed by atoms with Gasteiger partial charge in [-0.15, -0.1) is 0 Å². The molecule has 0 radical (unpaired) electrons. The number of nitro benzene ring substituents is 3. The zero-order valence-electron chi connectivity index (χ0n) is 8.56. The summed E-state index contributed by atoms with van der Waals surface area (Å²) in [4.78, 5) is 27.5. The van der Waals surface area contributed by atoms with Crippen molar-refractivity contribution in [3.8, 4) is 5.75 Å². The van der Waals surface area contributed by atoms with Gasteiger partial charge in [0, 0.05) is 0 Å². The van der Waals surface area contributed by atoms with Crippen molar-refractivity contribution in [2.75, 3.05) is 0 Å². The van der Waals surface area contributed by atoms with E-state index in [1.165, 1.54) is 0 Å². The summed E-state index contributed by atoms with van der Waals surface area (Å²) in [6.07, 6.45) is 0. The van der Waals surface area contributed by atoms with Crippen molar-refractivity contribution in [1.82, 2.24) is 0 Å². The molecule has 0 heterocycles. The number of rotatable bonds is 3. The second kappa shape index (κ2) is 6.63. The summed E-state index contributed by atoms with van der Waals surface area (Å²) in [5, 5.41) is 42.1. The predicted molar refractivity (Wildman–Crippen MR) is 55.2 cm³/mol. The van der Waals surface area contributed by atoms with Gasteiger partial charge in [0.25, 0.3) is 17.1 Å². The molecule has 0 spiro atoms. The van der Waals surface area contributed by atoms with Crippen LogP contribution in [0, 0.1) is 30.3 Å². The molecule has 0 fully saturated rings. The van der Waals surface area contributed by atoms with E-state index in [4.69, 9.17) is 0 Å². The zero-order valence-corrected chi connectivity index (χ0v) is 9.98. The maximum absolute atomic E-state index is 11.1. The molecule has 1 rings (SSSR count). The van der Waals surface area contributed by atoms with E-state index in [9.17, 15) is 35.4 Å². The van der Waals surface area contributed by atoms with Crippen LogP contribution in [0.4, 0.5) is 17.1 Å². The van der Waals surface area contributed by atoms with Crippen LogP contribution in [-0.4, -0.2) is 43.3 Å². The van der Waals surface area contributed by atoms with Crippen LogP contribution in [0.5, 0.6) is 5.75 Å². The van der Waals surface area contributed by atoms with Crippen molar-refractivity contribution in [2.24, 2.45) is 0 Å². The smallest absolute Gasteiger partial charge is 0.863 e. The first-order chi connectivity index (χ1) is 7.34. The van der Waals surface area contributed by atoms with Crippen LogP contribution >= 0.6 is 0 Å². The molecule has 0 bridgehead atoms. The predicted octanol–water partition coefficient (Wildman–Crippen LogP) is -0.721. The Kier molecular flexibility index (Phi) is 6.74. The number of hydrogen-bond acceptors (Lipinski definition) is 7. The first-order valence-corrected chi connectivity index (χ1v) is 3.63. The molecule has 1 aromatic carbocycles. The minimum Gasteiger partial charge on any atom is -0.863 e. The van der Waals surface area contributed by atoms with Crippen molar-refractivity contribution < 1.29 is 25.4 Å². The molecule has 2 N–H and O–H groups in total. The topological polar surface area (TPSA) is 184 Å². The fraction of sp³-hybridized carbons (Fsp3) is 0. The summed E-state index contributed by atoms with van der Waals surface area (Å²) in [7, 11) is 0. The standard InChI is InChI=1S/C6H3N3O7.Mg.H2O/c10-6-4(8(13)14)1-3(7(11)12)2-5(6)9(15)16;;/h1-2,10H;;1H2/q;+2;/p-1. The molecule has 18 heavy (non-hydrogen) atoms. The molecule has 11 nitrogen and oxygen atoms in total. The monoisotopic (exact) mass is 270 g/mol. The third kappa shape index (κ3) is 3.47. The van der Waals surface area contributed by atoms with Gasteiger partial charge < -0.3 is 10.6 Å². The Morgan fingerprint density at radius 2 is 1.17 bits per heavy atom. The number of nitro groups is 3. The summed E-state index contributed by atoms with van der Waals surface area (Å²) in [6, 6.07) is 0.769. The van der Waals surface area contributed by atoms with Crippen LogP contribution in [0.3, 0.4) is 0 Å². The van der Waals surface area contributed by atoms with Gasteiger partial charge in [0.1, 0.15) is 0 Å². The second-order valence-electron chi connectivity index (χ2n) is 2.58. The van der Waals surface area contributed by atoms with E-state index in [0.29, 0.717) is 12.1 Å². The first-order valence-electron chi connectivity index (χ1n) is 3.63. The van der Waals surface area contributed by atoms with Gasteiger partial charge in [-0.3, -0.25) is 30.3 Å². The number of non-ortho nitro benzene ring substituents is 1. The van der Waals surface area contributed by atoms with E-state index in [0.717, 1.165) is 0 Å². The molecule has 0 atom stereocenters. The molecule has 0 aliphatic rings. The van der Waals surface area contributed by atoms with Crippen molar-refractivity contribution in [2.45, 2.75) is 0 Å². The molecule has 0 saturated carbocycles. The molecular formula is C6H4MgN3O8+. The van der Waals surface area contributed by atoms with E-state index in [2.05, 4.69) is 0 Å². The Hall–Kier alpha value is -2.05. The van der Waals surface area contributed by atoms with Crippen LogP contribution in [0.1, 0.15) is 0 Å². The van der Waals surface area contributed by atoms with Gasteiger partial charge >= 0.3 is 23.1 Å². The summed E-state index contributed by atoms with van der Waals surface area (Å²) >= 11 is 0. The third-order valence-corrected chi connectivity index (χ3v) is 1.64. The van der Waals surface area contributed by atoms with E-state index in [1.807, 2.05) is 0 Å². The Labute approximate surface area is 114 Å². The maximum atomic E-state index is 11.1. The summed E-state index contributed by atoms with van der Waals surface area (Å²) < 4.78 is 0. The summed E-state index contributed by atoms with van der Waals surface area (Å²) in [5.74, 6) is -1.46. The third-order valence-electron chi connectivity index (χ3n) is 1.64. The molecule has 0 aliphatic heterocycles. The van der Waals surface area contributed by atoms with Crippen molar-refractivity contribution in [1.29, 1.82) is 0 Å². The first kappa shape index (κ1) is 18.3. The number of nitrogens with zero attached hydrogens (tertiary/aromatic N) is 3. The zero-order chi connectivity index (χ0) is 12.5. The van der Waals surface area contributed by atoms with Crippen LogP contribution < -0.4 is 5.11 Å². The summed E-state index contributed by atoms with van der Waals surface area (Å²) in [6.45, 7) is 0. The van der Waals surface area contributed by atoms with Crippen molar-refractivity contribution in [3.05, 3.63) is 42.5 Å². The molecule has 0 amide bonds. The van der Waals surface area contributed by atoms with E-state index in [1.54, 1.807) is 0 Å². The number of hydrogen-bond donors (Lipinski definition) is 0. The van der Waals surface area contributed by atoms with Crippen LogP contribution in [0.25, 0.3) is 0 Å². The van der Waals surface area contributed by atoms with Gasteiger partial charge in [-0.2, -0.15) is 0 Å². The molecule has 1 aromatic rings. The van der Waals surface area contributed by atoms with Gasteiger partial charge in [-0.25, -0.2) is 0 Å². The fourth-order valence-electron chi connectivity index (χ4n) is 0.961. The van der Waals surface area contributed by atoms with Crippen LogP contribution in [0.2, 0.25) is 0 Å². The van der Waals surface area contributed by atoms with E-state index in [-0.39, 0.29) is 28.5 Å². The van der Waals surface area contributed by atoms with Crippen molar-refractivity contribution in [3.63, 3.8) is 0 Å². The van der Waals surface area contributed by atoms with Crippen molar-refractivity contribution >= 4 is 40.1 Å². The van der Waals surface area contributed by atoms with Gasteiger partial charge in [0.05, 0.1) is 32.7 Å². The van der Waals surface area contributed by atoms with Gasteiger partial charge in [-0.05, 0) is 0 Å². The minimum atomic E-state index is -1.46. The quantitative estimate of drug-likeness (QED) is 0.393. The van der Waals surface area contributed by atoms with Crippen LogP contribution in [-0.2, 0) is 0 Å². The molecule has 92 valence electrons. The molecule has 0 unspecified atom stereocenters. The summed E-state index contributed by atoms with van der Waals surface area (Å²) in [5.41, 5.74) is -3.26. The van der Waals surface area contributed by atoms with Gasteiger partial charge in [0.15, 0.2) is 0 Å². The molecule has 0 aliphatic carbocycles. The van der Waals surface area contributed by atoms with Gasteiger partial charge in [-0.1, -0.05) is 0 Å². The van der Waals surface area contributed by atoms with E-state index < -0.39 is 37.6 Å². The average molecular weight is 270 g/mol. The normalized spacial score (nSPS) is 8.67. The van der Waals surface area contributed by atoms with E-state index >= 15 is 0 Å². The average Bonchev–Trinajstić information content (AvgIpc) is 2.16. The van der Waals surface area contributed by atoms with Crippen LogP contribution in [0.15, 0.2) is 12.1 Å². The Morgan fingerprint density at radius 1 is 0.833 bits per heavy atom. The Balaban J connectivity index is 0.